The van der Waals surface area contributed by atoms with Crippen LogP contribution in [0.3, 0.4) is 0 Å². The molecule has 1 aromatic rings. The van der Waals surface area contributed by atoms with E-state index in [2.05, 4.69) is 21.2 Å². The van der Waals surface area contributed by atoms with Gasteiger partial charge in [-0.1, -0.05) is 0 Å². The van der Waals surface area contributed by atoms with E-state index in [4.69, 9.17) is 0 Å². The molecule has 104 valence electrons. The number of amides is 1. The largest absolute Gasteiger partial charge is 0.352 e. The van der Waals surface area contributed by atoms with Gasteiger partial charge in [-0.15, -0.1) is 0 Å². The first-order valence-electron chi connectivity index (χ1n) is 5.81. The Labute approximate surface area is 119 Å². The van der Waals surface area contributed by atoms with Crippen molar-refractivity contribution in [2.45, 2.75) is 6.42 Å². The summed E-state index contributed by atoms with van der Waals surface area (Å²) in [4.78, 5) is 11.8. The van der Waals surface area contributed by atoms with E-state index in [-0.39, 0.29) is 27.8 Å². The van der Waals surface area contributed by atoms with Gasteiger partial charge in [-0.25, -0.2) is 12.8 Å². The van der Waals surface area contributed by atoms with Crippen LogP contribution in [0, 0.1) is 11.7 Å². The molecule has 1 N–H and O–H groups in total. The van der Waals surface area contributed by atoms with Crippen LogP contribution >= 0.6 is 15.9 Å². The van der Waals surface area contributed by atoms with Crippen molar-refractivity contribution in [3.8, 4) is 0 Å². The van der Waals surface area contributed by atoms with Gasteiger partial charge in [-0.3, -0.25) is 4.79 Å². The van der Waals surface area contributed by atoms with E-state index in [0.717, 1.165) is 0 Å². The summed E-state index contributed by atoms with van der Waals surface area (Å²) in [6, 6.07) is 4.00. The standard InChI is InChI=1S/C12H13BrFNO3S/c13-10-5-9(1-2-11(10)14)12(16)15-6-8-3-4-19(17,18)7-8/h1-2,5,8H,3-4,6-7H2,(H,15,16). The van der Waals surface area contributed by atoms with Gasteiger partial charge in [0.15, 0.2) is 9.84 Å². The van der Waals surface area contributed by atoms with Crippen LogP contribution in [-0.4, -0.2) is 32.4 Å². The first-order valence-corrected chi connectivity index (χ1v) is 8.42. The highest BCUT2D eigenvalue weighted by Crippen LogP contribution is 2.19. The Morgan fingerprint density at radius 2 is 2.21 bits per heavy atom. The van der Waals surface area contributed by atoms with Crippen LogP contribution in [0.1, 0.15) is 16.8 Å². The summed E-state index contributed by atoms with van der Waals surface area (Å²) in [6.07, 6.45) is 0.579. The van der Waals surface area contributed by atoms with Gasteiger partial charge < -0.3 is 5.32 Å². The molecule has 0 aromatic heterocycles. The summed E-state index contributed by atoms with van der Waals surface area (Å²) in [6.45, 7) is 0.326. The van der Waals surface area contributed by atoms with Crippen molar-refractivity contribution >= 4 is 31.7 Å². The van der Waals surface area contributed by atoms with Gasteiger partial charge in [-0.05, 0) is 46.5 Å². The van der Waals surface area contributed by atoms with E-state index in [1.54, 1.807) is 0 Å². The molecular weight excluding hydrogens is 337 g/mol. The van der Waals surface area contributed by atoms with E-state index in [9.17, 15) is 17.6 Å². The van der Waals surface area contributed by atoms with Gasteiger partial charge in [-0.2, -0.15) is 0 Å². The Morgan fingerprint density at radius 1 is 1.47 bits per heavy atom. The van der Waals surface area contributed by atoms with Crippen LogP contribution in [0.2, 0.25) is 0 Å². The van der Waals surface area contributed by atoms with Crippen LogP contribution in [0.15, 0.2) is 22.7 Å². The molecule has 19 heavy (non-hydrogen) atoms. The third kappa shape index (κ3) is 3.76. The van der Waals surface area contributed by atoms with Crippen LogP contribution in [0.25, 0.3) is 0 Å². The first kappa shape index (κ1) is 14.5. The van der Waals surface area contributed by atoms with Crippen molar-refractivity contribution in [3.63, 3.8) is 0 Å². The molecule has 1 heterocycles. The maximum Gasteiger partial charge on any atom is 0.251 e. The van der Waals surface area contributed by atoms with Gasteiger partial charge in [0.1, 0.15) is 5.82 Å². The second-order valence-electron chi connectivity index (χ2n) is 4.61. The minimum absolute atomic E-state index is 0.0298. The molecule has 1 aromatic carbocycles. The number of nitrogens with one attached hydrogen (secondary N) is 1. The van der Waals surface area contributed by atoms with E-state index in [0.29, 0.717) is 18.5 Å². The molecule has 0 radical (unpaired) electrons. The molecule has 4 nitrogen and oxygen atoms in total. The molecule has 1 aliphatic heterocycles. The Morgan fingerprint density at radius 3 is 2.79 bits per heavy atom. The summed E-state index contributed by atoms with van der Waals surface area (Å²) in [7, 11) is -2.93. The zero-order valence-electron chi connectivity index (χ0n) is 10.0. The molecule has 0 bridgehead atoms. The van der Waals surface area contributed by atoms with Crippen LogP contribution in [0.5, 0.6) is 0 Å². The van der Waals surface area contributed by atoms with Crippen molar-refractivity contribution in [3.05, 3.63) is 34.1 Å². The van der Waals surface area contributed by atoms with Gasteiger partial charge >= 0.3 is 0 Å². The van der Waals surface area contributed by atoms with E-state index in [1.807, 2.05) is 0 Å². The molecule has 0 spiro atoms. The lowest BCUT2D eigenvalue weighted by atomic mass is 10.1. The molecule has 1 aliphatic rings. The van der Waals surface area contributed by atoms with Gasteiger partial charge in [0.05, 0.1) is 16.0 Å². The van der Waals surface area contributed by atoms with Crippen molar-refractivity contribution < 1.29 is 17.6 Å². The van der Waals surface area contributed by atoms with Crippen molar-refractivity contribution in [2.75, 3.05) is 18.1 Å². The first-order chi connectivity index (χ1) is 8.87. The van der Waals surface area contributed by atoms with Gasteiger partial charge in [0.25, 0.3) is 5.91 Å². The van der Waals surface area contributed by atoms with Crippen LogP contribution < -0.4 is 5.32 Å². The summed E-state index contributed by atoms with van der Waals surface area (Å²) in [5.41, 5.74) is 0.342. The fourth-order valence-electron chi connectivity index (χ4n) is 2.01. The lowest BCUT2D eigenvalue weighted by molar-refractivity contribution is 0.0948. The Balaban J connectivity index is 1.93. The minimum atomic E-state index is -2.93. The zero-order valence-corrected chi connectivity index (χ0v) is 12.4. The fourth-order valence-corrected chi connectivity index (χ4v) is 4.25. The number of carbonyl (C=O) groups excluding carboxylic acids is 1. The second kappa shape index (κ2) is 5.58. The predicted octanol–water partition coefficient (Wildman–Crippen LogP) is 1.75. The third-order valence-corrected chi connectivity index (χ3v) is 5.50. The van der Waals surface area contributed by atoms with Crippen molar-refractivity contribution in [2.24, 2.45) is 5.92 Å². The third-order valence-electron chi connectivity index (χ3n) is 3.06. The number of hydrogen-bond donors (Lipinski definition) is 1. The molecule has 1 unspecified atom stereocenters. The molecule has 0 aliphatic carbocycles. The zero-order chi connectivity index (χ0) is 14.0. The summed E-state index contributed by atoms with van der Waals surface area (Å²) in [5.74, 6) is -0.475. The lowest BCUT2D eigenvalue weighted by Crippen LogP contribution is -2.29. The van der Waals surface area contributed by atoms with Crippen molar-refractivity contribution in [1.82, 2.24) is 5.32 Å². The Bertz CT molecular complexity index is 603. The molecule has 1 fully saturated rings. The SMILES string of the molecule is O=C(NCC1CCS(=O)(=O)C1)c1ccc(F)c(Br)c1. The predicted molar refractivity (Wildman–Crippen MR) is 73.2 cm³/mol. The lowest BCUT2D eigenvalue weighted by Gasteiger charge is -2.10. The minimum Gasteiger partial charge on any atom is -0.352 e. The number of rotatable bonds is 3. The smallest absolute Gasteiger partial charge is 0.251 e. The maximum atomic E-state index is 13.0. The number of sulfone groups is 1. The van der Waals surface area contributed by atoms with Gasteiger partial charge in [0.2, 0.25) is 0 Å². The molecule has 2 rings (SSSR count). The van der Waals surface area contributed by atoms with Crippen molar-refractivity contribution in [1.29, 1.82) is 0 Å². The van der Waals surface area contributed by atoms with Gasteiger partial charge in [0, 0.05) is 12.1 Å². The highest BCUT2D eigenvalue weighted by molar-refractivity contribution is 9.10. The monoisotopic (exact) mass is 349 g/mol. The summed E-state index contributed by atoms with van der Waals surface area (Å²) >= 11 is 3.01. The van der Waals surface area contributed by atoms with Crippen LogP contribution in [-0.2, 0) is 9.84 Å². The average Bonchev–Trinajstić information content (AvgIpc) is 2.69. The molecule has 1 saturated heterocycles. The number of carbonyl (C=O) groups is 1. The Hall–Kier alpha value is -0.950. The molecule has 7 heteroatoms. The number of hydrogen-bond acceptors (Lipinski definition) is 3. The van der Waals surface area contributed by atoms with E-state index >= 15 is 0 Å². The average molecular weight is 350 g/mol. The molecule has 1 amide bonds. The second-order valence-corrected chi connectivity index (χ2v) is 7.69. The molecular formula is C12H13BrFNO3S. The quantitative estimate of drug-likeness (QED) is 0.904. The highest BCUT2D eigenvalue weighted by Gasteiger charge is 2.27. The summed E-state index contributed by atoms with van der Waals surface area (Å²) in [5, 5.41) is 2.68. The number of halogens is 2. The molecule has 0 saturated carbocycles. The normalized spacial score (nSPS) is 21.3. The fraction of sp³-hybridized carbons (Fsp3) is 0.417. The summed E-state index contributed by atoms with van der Waals surface area (Å²) < 4.78 is 35.8. The number of benzene rings is 1. The van der Waals surface area contributed by atoms with E-state index < -0.39 is 15.7 Å². The topological polar surface area (TPSA) is 63.2 Å². The Kier molecular flexibility index (Phi) is 4.25. The van der Waals surface area contributed by atoms with Crippen LogP contribution in [0.4, 0.5) is 4.39 Å². The maximum absolute atomic E-state index is 13.0. The molecule has 1 atom stereocenters. The van der Waals surface area contributed by atoms with E-state index in [1.165, 1.54) is 18.2 Å². The highest BCUT2D eigenvalue weighted by atomic mass is 79.9.